The first-order valence-electron chi connectivity index (χ1n) is 4.75. The number of hydrogen-bond acceptors (Lipinski definition) is 4. The highest BCUT2D eigenvalue weighted by Crippen LogP contribution is 2.32. The Morgan fingerprint density at radius 1 is 1.38 bits per heavy atom. The van der Waals surface area contributed by atoms with Crippen LogP contribution in [0.3, 0.4) is 0 Å². The number of halogens is 1. The van der Waals surface area contributed by atoms with Crippen molar-refractivity contribution >= 4 is 39.8 Å². The van der Waals surface area contributed by atoms with Gasteiger partial charge in [-0.1, -0.05) is 35.1 Å². The molecule has 1 aromatic carbocycles. The molecule has 0 bridgehead atoms. The van der Waals surface area contributed by atoms with Crippen LogP contribution in [-0.2, 0) is 5.75 Å². The van der Waals surface area contributed by atoms with Crippen LogP contribution in [0, 0.1) is 6.92 Å². The highest BCUT2D eigenvalue weighted by Gasteiger charge is 2.05. The Balaban J connectivity index is 2.02. The number of nitrogens with zero attached hydrogens (tertiary/aromatic N) is 1. The molecule has 2 nitrogen and oxygen atoms in total. The molecule has 16 heavy (non-hydrogen) atoms. The van der Waals surface area contributed by atoms with E-state index in [0.717, 1.165) is 16.5 Å². The zero-order valence-corrected chi connectivity index (χ0v) is 11.1. The Kier molecular flexibility index (Phi) is 3.74. The molecule has 0 fully saturated rings. The van der Waals surface area contributed by atoms with Crippen LogP contribution in [0.25, 0.3) is 0 Å². The average Bonchev–Trinajstić information content (AvgIpc) is 2.57. The first-order valence-corrected chi connectivity index (χ1v) is 6.93. The second-order valence-electron chi connectivity index (χ2n) is 3.34. The fourth-order valence-electron chi connectivity index (χ4n) is 1.27. The van der Waals surface area contributed by atoms with E-state index in [1.165, 1.54) is 9.77 Å². The van der Waals surface area contributed by atoms with Crippen LogP contribution < -0.4 is 5.73 Å². The summed E-state index contributed by atoms with van der Waals surface area (Å²) in [7, 11) is 0. The number of aryl methyl sites for hydroxylation is 1. The maximum atomic E-state index is 5.83. The molecule has 0 unspecified atom stereocenters. The van der Waals surface area contributed by atoms with Crippen molar-refractivity contribution in [1.82, 2.24) is 4.98 Å². The summed E-state index contributed by atoms with van der Waals surface area (Å²) in [6.07, 6.45) is 0. The number of nitrogen functional groups attached to an aromatic ring is 1. The maximum absolute atomic E-state index is 5.83. The van der Waals surface area contributed by atoms with E-state index in [4.69, 9.17) is 17.3 Å². The van der Waals surface area contributed by atoms with Crippen molar-refractivity contribution in [2.75, 3.05) is 5.73 Å². The Bertz CT molecular complexity index is 479. The highest BCUT2D eigenvalue weighted by molar-refractivity contribution is 8.00. The second kappa shape index (κ2) is 5.08. The van der Waals surface area contributed by atoms with Gasteiger partial charge in [0.05, 0.1) is 9.90 Å². The van der Waals surface area contributed by atoms with E-state index in [0.29, 0.717) is 5.13 Å². The number of rotatable bonds is 3. The summed E-state index contributed by atoms with van der Waals surface area (Å²) >= 11 is 9.13. The first kappa shape index (κ1) is 11.8. The summed E-state index contributed by atoms with van der Waals surface area (Å²) in [6, 6.07) is 7.89. The van der Waals surface area contributed by atoms with Crippen LogP contribution in [0.1, 0.15) is 11.3 Å². The lowest BCUT2D eigenvalue weighted by Crippen LogP contribution is -1.81. The van der Waals surface area contributed by atoms with Crippen molar-refractivity contribution in [1.29, 1.82) is 0 Å². The lowest BCUT2D eigenvalue weighted by atomic mass is 10.2. The minimum atomic E-state index is 0.635. The quantitative estimate of drug-likeness (QED) is 0.858. The molecule has 0 radical (unpaired) electrons. The molecule has 84 valence electrons. The van der Waals surface area contributed by atoms with E-state index in [1.807, 2.05) is 31.2 Å². The lowest BCUT2D eigenvalue weighted by Gasteiger charge is -2.00. The van der Waals surface area contributed by atoms with Crippen LogP contribution in [0.15, 0.2) is 28.5 Å². The fourth-order valence-corrected chi connectivity index (χ4v) is 3.37. The number of thioether (sulfide) groups is 1. The van der Waals surface area contributed by atoms with E-state index in [2.05, 4.69) is 4.98 Å². The van der Waals surface area contributed by atoms with Crippen molar-refractivity contribution in [3.05, 3.63) is 40.5 Å². The van der Waals surface area contributed by atoms with Gasteiger partial charge in [-0.05, 0) is 24.6 Å². The minimum absolute atomic E-state index is 0.635. The molecule has 2 N–H and O–H groups in total. The third kappa shape index (κ3) is 2.90. The van der Waals surface area contributed by atoms with Crippen LogP contribution >= 0.6 is 34.7 Å². The third-order valence-corrected chi connectivity index (χ3v) is 4.73. The normalized spacial score (nSPS) is 10.6. The predicted molar refractivity (Wildman–Crippen MR) is 72.3 cm³/mol. The van der Waals surface area contributed by atoms with Crippen LogP contribution in [0.4, 0.5) is 5.13 Å². The van der Waals surface area contributed by atoms with Crippen LogP contribution in [0.2, 0.25) is 5.02 Å². The number of thiazole rings is 1. The summed E-state index contributed by atoms with van der Waals surface area (Å²) in [4.78, 5) is 4.19. The zero-order chi connectivity index (χ0) is 11.5. The first-order chi connectivity index (χ1) is 7.65. The molecule has 1 aromatic heterocycles. The lowest BCUT2D eigenvalue weighted by molar-refractivity contribution is 1.21. The highest BCUT2D eigenvalue weighted by atomic mass is 35.5. The van der Waals surface area contributed by atoms with Gasteiger partial charge in [-0.2, -0.15) is 0 Å². The second-order valence-corrected chi connectivity index (χ2v) is 6.05. The van der Waals surface area contributed by atoms with Gasteiger partial charge in [0.25, 0.3) is 0 Å². The minimum Gasteiger partial charge on any atom is -0.375 e. The molecule has 0 saturated heterocycles. The van der Waals surface area contributed by atoms with Gasteiger partial charge in [-0.3, -0.25) is 0 Å². The molecular formula is C11H11ClN2S2. The number of anilines is 1. The van der Waals surface area contributed by atoms with Gasteiger partial charge in [-0.15, -0.1) is 11.8 Å². The zero-order valence-electron chi connectivity index (χ0n) is 8.74. The largest absolute Gasteiger partial charge is 0.375 e. The van der Waals surface area contributed by atoms with Crippen LogP contribution in [0.5, 0.6) is 0 Å². The third-order valence-electron chi connectivity index (χ3n) is 2.05. The van der Waals surface area contributed by atoms with E-state index in [1.54, 1.807) is 23.1 Å². The monoisotopic (exact) mass is 270 g/mol. The Hall–Kier alpha value is -0.710. The smallest absolute Gasteiger partial charge is 0.181 e. The Labute approximate surface area is 108 Å². The topological polar surface area (TPSA) is 38.9 Å². The Morgan fingerprint density at radius 2 is 2.06 bits per heavy atom. The molecule has 0 atom stereocenters. The molecule has 2 aromatic rings. The molecule has 2 rings (SSSR count). The molecule has 0 aliphatic rings. The Morgan fingerprint density at radius 3 is 2.62 bits per heavy atom. The molecule has 0 aliphatic heterocycles. The van der Waals surface area contributed by atoms with E-state index in [-0.39, 0.29) is 0 Å². The van der Waals surface area contributed by atoms with Gasteiger partial charge in [0.2, 0.25) is 0 Å². The van der Waals surface area contributed by atoms with Gasteiger partial charge >= 0.3 is 0 Å². The summed E-state index contributed by atoms with van der Waals surface area (Å²) in [5.41, 5.74) is 7.91. The maximum Gasteiger partial charge on any atom is 0.181 e. The van der Waals surface area contributed by atoms with Gasteiger partial charge in [0, 0.05) is 10.8 Å². The van der Waals surface area contributed by atoms with Crippen LogP contribution in [-0.4, -0.2) is 4.98 Å². The molecule has 0 aliphatic carbocycles. The van der Waals surface area contributed by atoms with Crippen molar-refractivity contribution in [3.63, 3.8) is 0 Å². The number of nitrogens with two attached hydrogens (primary N) is 1. The summed E-state index contributed by atoms with van der Waals surface area (Å²) in [5.74, 6) is 0.916. The predicted octanol–water partition coefficient (Wildman–Crippen LogP) is 3.98. The molecule has 0 saturated carbocycles. The molecule has 1 heterocycles. The van der Waals surface area contributed by atoms with Crippen molar-refractivity contribution < 1.29 is 0 Å². The SMILES string of the molecule is Cc1nc(N)sc1SCc1ccc(Cl)cc1. The van der Waals surface area contributed by atoms with E-state index < -0.39 is 0 Å². The van der Waals surface area contributed by atoms with Gasteiger partial charge < -0.3 is 5.73 Å². The number of benzene rings is 1. The van der Waals surface area contributed by atoms with E-state index in [9.17, 15) is 0 Å². The number of hydrogen-bond donors (Lipinski definition) is 1. The van der Waals surface area contributed by atoms with Gasteiger partial charge in [0.1, 0.15) is 0 Å². The molecule has 0 spiro atoms. The standard InChI is InChI=1S/C11H11ClN2S2/c1-7-10(16-11(13)14-7)15-6-8-2-4-9(12)5-3-8/h2-5H,6H2,1H3,(H2,13,14). The molecular weight excluding hydrogens is 260 g/mol. The molecule has 0 amide bonds. The van der Waals surface area contributed by atoms with Crippen molar-refractivity contribution in [2.45, 2.75) is 16.9 Å². The van der Waals surface area contributed by atoms with Crippen molar-refractivity contribution in [2.24, 2.45) is 0 Å². The summed E-state index contributed by atoms with van der Waals surface area (Å²) in [6.45, 7) is 1.98. The summed E-state index contributed by atoms with van der Waals surface area (Å²) < 4.78 is 1.19. The van der Waals surface area contributed by atoms with Gasteiger partial charge in [0.15, 0.2) is 5.13 Å². The molecule has 5 heteroatoms. The summed E-state index contributed by atoms with van der Waals surface area (Å²) in [5, 5.41) is 1.41. The average molecular weight is 271 g/mol. The van der Waals surface area contributed by atoms with Gasteiger partial charge in [-0.25, -0.2) is 4.98 Å². The number of aromatic nitrogens is 1. The fraction of sp³-hybridized carbons (Fsp3) is 0.182. The van der Waals surface area contributed by atoms with Crippen molar-refractivity contribution in [3.8, 4) is 0 Å². The van der Waals surface area contributed by atoms with E-state index >= 15 is 0 Å².